The fourth-order valence-corrected chi connectivity index (χ4v) is 3.23. The molecule has 1 fully saturated rings. The SMILES string of the molecule is CCC1CCCC(CCc2cccc(C=O)c2)C1. The van der Waals surface area contributed by atoms with Gasteiger partial charge < -0.3 is 0 Å². The second-order valence-electron chi connectivity index (χ2n) is 5.71. The van der Waals surface area contributed by atoms with Gasteiger partial charge >= 0.3 is 0 Å². The summed E-state index contributed by atoms with van der Waals surface area (Å²) < 4.78 is 0. The lowest BCUT2D eigenvalue weighted by atomic mass is 9.78. The van der Waals surface area contributed by atoms with Crippen LogP contribution in [0.1, 0.15) is 61.4 Å². The molecule has 2 unspecified atom stereocenters. The Labute approximate surface area is 111 Å². The average molecular weight is 244 g/mol. The van der Waals surface area contributed by atoms with Crippen LogP contribution in [0.3, 0.4) is 0 Å². The van der Waals surface area contributed by atoms with Crippen LogP contribution >= 0.6 is 0 Å². The topological polar surface area (TPSA) is 17.1 Å². The van der Waals surface area contributed by atoms with E-state index in [9.17, 15) is 4.79 Å². The summed E-state index contributed by atoms with van der Waals surface area (Å²) in [7, 11) is 0. The lowest BCUT2D eigenvalue weighted by Crippen LogP contribution is -2.15. The zero-order chi connectivity index (χ0) is 12.8. The van der Waals surface area contributed by atoms with Gasteiger partial charge in [0.25, 0.3) is 0 Å². The third-order valence-corrected chi connectivity index (χ3v) is 4.40. The normalized spacial score (nSPS) is 23.8. The maximum Gasteiger partial charge on any atom is 0.150 e. The molecule has 0 heterocycles. The first kappa shape index (κ1) is 13.3. The van der Waals surface area contributed by atoms with Gasteiger partial charge in [-0.1, -0.05) is 50.8 Å². The van der Waals surface area contributed by atoms with Gasteiger partial charge in [0.15, 0.2) is 0 Å². The van der Waals surface area contributed by atoms with Crippen LogP contribution in [-0.4, -0.2) is 6.29 Å². The van der Waals surface area contributed by atoms with Crippen molar-refractivity contribution >= 4 is 6.29 Å². The number of rotatable bonds is 5. The maximum atomic E-state index is 10.7. The lowest BCUT2D eigenvalue weighted by molar-refractivity contribution is 0.112. The Morgan fingerprint density at radius 3 is 2.89 bits per heavy atom. The minimum absolute atomic E-state index is 0.808. The van der Waals surface area contributed by atoms with Crippen LogP contribution in [0.15, 0.2) is 24.3 Å². The second kappa shape index (κ2) is 6.72. The van der Waals surface area contributed by atoms with Crippen molar-refractivity contribution in [3.05, 3.63) is 35.4 Å². The molecule has 0 amide bonds. The highest BCUT2D eigenvalue weighted by Crippen LogP contribution is 2.33. The van der Waals surface area contributed by atoms with E-state index in [1.165, 1.54) is 44.1 Å². The largest absolute Gasteiger partial charge is 0.298 e. The highest BCUT2D eigenvalue weighted by Gasteiger charge is 2.20. The predicted octanol–water partition coefficient (Wildman–Crippen LogP) is 4.65. The summed E-state index contributed by atoms with van der Waals surface area (Å²) in [6.07, 6.45) is 10.4. The molecule has 1 aliphatic carbocycles. The summed E-state index contributed by atoms with van der Waals surface area (Å²) in [6, 6.07) is 8.05. The number of aldehydes is 1. The molecular formula is C17H24O. The zero-order valence-electron chi connectivity index (χ0n) is 11.4. The minimum Gasteiger partial charge on any atom is -0.298 e. The van der Waals surface area contributed by atoms with Crippen molar-refractivity contribution in [2.24, 2.45) is 11.8 Å². The van der Waals surface area contributed by atoms with Crippen LogP contribution in [-0.2, 0) is 6.42 Å². The summed E-state index contributed by atoms with van der Waals surface area (Å²) in [5.74, 6) is 1.87. The Balaban J connectivity index is 1.84. The molecule has 0 bridgehead atoms. The van der Waals surface area contributed by atoms with Gasteiger partial charge in [-0.15, -0.1) is 0 Å². The molecule has 0 aromatic heterocycles. The zero-order valence-corrected chi connectivity index (χ0v) is 11.4. The smallest absolute Gasteiger partial charge is 0.150 e. The van der Waals surface area contributed by atoms with E-state index in [1.54, 1.807) is 0 Å². The number of carbonyl (C=O) groups excluding carboxylic acids is 1. The van der Waals surface area contributed by atoms with Gasteiger partial charge in [0.2, 0.25) is 0 Å². The number of aryl methyl sites for hydroxylation is 1. The summed E-state index contributed by atoms with van der Waals surface area (Å²) in [6.45, 7) is 2.32. The Morgan fingerprint density at radius 1 is 1.28 bits per heavy atom. The van der Waals surface area contributed by atoms with Crippen molar-refractivity contribution in [1.82, 2.24) is 0 Å². The van der Waals surface area contributed by atoms with Gasteiger partial charge in [0.05, 0.1) is 0 Å². The fraction of sp³-hybridized carbons (Fsp3) is 0.588. The van der Waals surface area contributed by atoms with Crippen LogP contribution < -0.4 is 0 Å². The molecule has 0 radical (unpaired) electrons. The van der Waals surface area contributed by atoms with E-state index < -0.39 is 0 Å². The highest BCUT2D eigenvalue weighted by atomic mass is 16.1. The van der Waals surface area contributed by atoms with Crippen molar-refractivity contribution in [1.29, 1.82) is 0 Å². The predicted molar refractivity (Wildman–Crippen MR) is 75.9 cm³/mol. The van der Waals surface area contributed by atoms with Crippen molar-refractivity contribution in [3.8, 4) is 0 Å². The summed E-state index contributed by atoms with van der Waals surface area (Å²) >= 11 is 0. The van der Waals surface area contributed by atoms with Crippen molar-refractivity contribution in [2.45, 2.75) is 51.9 Å². The fourth-order valence-electron chi connectivity index (χ4n) is 3.23. The summed E-state index contributed by atoms with van der Waals surface area (Å²) in [5, 5.41) is 0. The third kappa shape index (κ3) is 3.69. The number of hydrogen-bond acceptors (Lipinski definition) is 1. The Hall–Kier alpha value is -1.11. The molecule has 1 aromatic carbocycles. The Bertz CT molecular complexity index is 383. The van der Waals surface area contributed by atoms with Crippen LogP contribution in [0, 0.1) is 11.8 Å². The molecule has 0 spiro atoms. The molecule has 2 rings (SSSR count). The lowest BCUT2D eigenvalue weighted by Gasteiger charge is -2.28. The van der Waals surface area contributed by atoms with E-state index >= 15 is 0 Å². The molecule has 0 saturated heterocycles. The standard InChI is InChI=1S/C17H24O/c1-2-14-5-3-6-15(11-14)9-10-16-7-4-8-17(12-16)13-18/h4,7-8,12-15H,2-3,5-6,9-11H2,1H3. The van der Waals surface area contributed by atoms with Gasteiger partial charge in [-0.3, -0.25) is 4.79 Å². The number of benzene rings is 1. The first-order valence-electron chi connectivity index (χ1n) is 7.36. The molecule has 0 N–H and O–H groups in total. The second-order valence-corrected chi connectivity index (χ2v) is 5.71. The maximum absolute atomic E-state index is 10.7. The molecule has 18 heavy (non-hydrogen) atoms. The molecule has 1 aliphatic rings. The quantitative estimate of drug-likeness (QED) is 0.689. The molecule has 1 aromatic rings. The van der Waals surface area contributed by atoms with Crippen LogP contribution in [0.2, 0.25) is 0 Å². The Morgan fingerprint density at radius 2 is 2.11 bits per heavy atom. The van der Waals surface area contributed by atoms with Crippen molar-refractivity contribution < 1.29 is 4.79 Å². The summed E-state index contributed by atoms with van der Waals surface area (Å²) in [4.78, 5) is 10.7. The van der Waals surface area contributed by atoms with Gasteiger partial charge in [0.1, 0.15) is 6.29 Å². The van der Waals surface area contributed by atoms with E-state index in [1.807, 2.05) is 18.2 Å². The van der Waals surface area contributed by atoms with Crippen LogP contribution in [0.4, 0.5) is 0 Å². The average Bonchev–Trinajstić information content (AvgIpc) is 2.45. The van der Waals surface area contributed by atoms with Crippen molar-refractivity contribution in [2.75, 3.05) is 0 Å². The van der Waals surface area contributed by atoms with Crippen LogP contribution in [0.5, 0.6) is 0 Å². The van der Waals surface area contributed by atoms with Crippen molar-refractivity contribution in [3.63, 3.8) is 0 Å². The first-order valence-corrected chi connectivity index (χ1v) is 7.36. The molecule has 1 nitrogen and oxygen atoms in total. The van der Waals surface area contributed by atoms with E-state index in [-0.39, 0.29) is 0 Å². The van der Waals surface area contributed by atoms with E-state index in [0.717, 1.165) is 30.1 Å². The number of hydrogen-bond donors (Lipinski definition) is 0. The first-order chi connectivity index (χ1) is 8.81. The van der Waals surface area contributed by atoms with Gasteiger partial charge in [-0.25, -0.2) is 0 Å². The molecule has 0 aliphatic heterocycles. The monoisotopic (exact) mass is 244 g/mol. The molecule has 98 valence electrons. The third-order valence-electron chi connectivity index (χ3n) is 4.40. The molecular weight excluding hydrogens is 220 g/mol. The van der Waals surface area contributed by atoms with E-state index in [4.69, 9.17) is 0 Å². The van der Waals surface area contributed by atoms with Gasteiger partial charge in [-0.05, 0) is 42.7 Å². The van der Waals surface area contributed by atoms with E-state index in [2.05, 4.69) is 13.0 Å². The van der Waals surface area contributed by atoms with Gasteiger partial charge in [0, 0.05) is 5.56 Å². The number of carbonyl (C=O) groups is 1. The highest BCUT2D eigenvalue weighted by molar-refractivity contribution is 5.74. The molecule has 2 atom stereocenters. The van der Waals surface area contributed by atoms with Crippen LogP contribution in [0.25, 0.3) is 0 Å². The van der Waals surface area contributed by atoms with Gasteiger partial charge in [-0.2, -0.15) is 0 Å². The minimum atomic E-state index is 0.808. The summed E-state index contributed by atoms with van der Waals surface area (Å²) in [5.41, 5.74) is 2.13. The van der Waals surface area contributed by atoms with E-state index in [0.29, 0.717) is 0 Å². The molecule has 1 saturated carbocycles. The molecule has 1 heteroatoms. The Kier molecular flexibility index (Phi) is 4.98.